The molecule has 0 saturated heterocycles. The highest BCUT2D eigenvalue weighted by molar-refractivity contribution is 8.00. The van der Waals surface area contributed by atoms with Crippen LogP contribution in [0.25, 0.3) is 0 Å². The van der Waals surface area contributed by atoms with E-state index in [0.29, 0.717) is 24.1 Å². The number of benzene rings is 1. The van der Waals surface area contributed by atoms with E-state index in [9.17, 15) is 4.79 Å². The lowest BCUT2D eigenvalue weighted by Crippen LogP contribution is -2.12. The number of carbonyl (C=O) groups is 1. The number of aromatic nitrogens is 2. The Morgan fingerprint density at radius 2 is 2.09 bits per heavy atom. The molecule has 2 heterocycles. The van der Waals surface area contributed by atoms with E-state index in [1.807, 2.05) is 19.1 Å². The SMILES string of the molecule is Cc1[nH]nc2c1[C@@H](c1ccc(OCC(C)C)cc1)SCC(=O)N2. The van der Waals surface area contributed by atoms with Crippen LogP contribution >= 0.6 is 11.8 Å². The van der Waals surface area contributed by atoms with Crippen molar-refractivity contribution < 1.29 is 9.53 Å². The summed E-state index contributed by atoms with van der Waals surface area (Å²) in [6.07, 6.45) is 0. The number of aromatic amines is 1. The fourth-order valence-electron chi connectivity index (χ4n) is 2.53. The van der Waals surface area contributed by atoms with Crippen LogP contribution in [-0.4, -0.2) is 28.5 Å². The summed E-state index contributed by atoms with van der Waals surface area (Å²) < 4.78 is 5.74. The monoisotopic (exact) mass is 331 g/mol. The van der Waals surface area contributed by atoms with Gasteiger partial charge in [0.15, 0.2) is 5.82 Å². The quantitative estimate of drug-likeness (QED) is 0.899. The van der Waals surface area contributed by atoms with Crippen molar-refractivity contribution in [1.29, 1.82) is 0 Å². The average Bonchev–Trinajstić information content (AvgIpc) is 2.78. The second-order valence-corrected chi connectivity index (χ2v) is 7.22. The summed E-state index contributed by atoms with van der Waals surface area (Å²) in [5.74, 6) is 2.43. The van der Waals surface area contributed by atoms with Gasteiger partial charge in [-0.15, -0.1) is 11.8 Å². The Hall–Kier alpha value is -1.95. The van der Waals surface area contributed by atoms with Crippen molar-refractivity contribution in [3.05, 3.63) is 41.1 Å². The second-order valence-electron chi connectivity index (χ2n) is 6.12. The summed E-state index contributed by atoms with van der Waals surface area (Å²) in [5.41, 5.74) is 3.19. The highest BCUT2D eigenvalue weighted by Gasteiger charge is 2.28. The molecule has 0 radical (unpaired) electrons. The molecule has 2 N–H and O–H groups in total. The van der Waals surface area contributed by atoms with Crippen molar-refractivity contribution in [1.82, 2.24) is 10.2 Å². The van der Waals surface area contributed by atoms with E-state index in [4.69, 9.17) is 4.74 Å². The number of amides is 1. The third-order valence-corrected chi connectivity index (χ3v) is 4.93. The van der Waals surface area contributed by atoms with Crippen LogP contribution in [0.2, 0.25) is 0 Å². The average molecular weight is 331 g/mol. The Kier molecular flexibility index (Phi) is 4.61. The van der Waals surface area contributed by atoms with Gasteiger partial charge in [0, 0.05) is 11.3 Å². The standard InChI is InChI=1S/C17H21N3O2S/c1-10(2)8-22-13-6-4-12(5-7-13)16-15-11(3)19-20-17(15)18-14(21)9-23-16/h4-7,10,16H,8-9H2,1-3H3,(H2,18,19,20,21)/t16-/m1/s1. The number of nitrogens with zero attached hydrogens (tertiary/aromatic N) is 1. The molecule has 0 spiro atoms. The maximum Gasteiger partial charge on any atom is 0.235 e. The molecule has 5 nitrogen and oxygen atoms in total. The lowest BCUT2D eigenvalue weighted by atomic mass is 10.0. The molecule has 0 fully saturated rings. The largest absolute Gasteiger partial charge is 0.493 e. The van der Waals surface area contributed by atoms with Gasteiger partial charge in [0.1, 0.15) is 5.75 Å². The zero-order valence-electron chi connectivity index (χ0n) is 13.6. The summed E-state index contributed by atoms with van der Waals surface area (Å²) in [6.45, 7) is 6.95. The molecular formula is C17H21N3O2S. The van der Waals surface area contributed by atoms with E-state index in [0.717, 1.165) is 22.6 Å². The number of ether oxygens (including phenoxy) is 1. The first-order chi connectivity index (χ1) is 11.0. The molecular weight excluding hydrogens is 310 g/mol. The number of thioether (sulfide) groups is 1. The third kappa shape index (κ3) is 3.52. The van der Waals surface area contributed by atoms with Gasteiger partial charge in [0.2, 0.25) is 5.91 Å². The van der Waals surface area contributed by atoms with Crippen molar-refractivity contribution in [2.75, 3.05) is 17.7 Å². The number of fused-ring (bicyclic) bond motifs is 1. The van der Waals surface area contributed by atoms with Crippen LogP contribution in [-0.2, 0) is 4.79 Å². The summed E-state index contributed by atoms with van der Waals surface area (Å²) in [7, 11) is 0. The third-order valence-electron chi connectivity index (χ3n) is 3.66. The molecule has 2 aromatic rings. The minimum Gasteiger partial charge on any atom is -0.493 e. The van der Waals surface area contributed by atoms with Gasteiger partial charge < -0.3 is 10.1 Å². The first-order valence-corrected chi connectivity index (χ1v) is 8.78. The van der Waals surface area contributed by atoms with Crippen LogP contribution in [0, 0.1) is 12.8 Å². The van der Waals surface area contributed by atoms with Crippen molar-refractivity contribution in [2.45, 2.75) is 26.0 Å². The predicted molar refractivity (Wildman–Crippen MR) is 93.0 cm³/mol. The molecule has 1 aromatic heterocycles. The number of anilines is 1. The predicted octanol–water partition coefficient (Wildman–Crippen LogP) is 3.53. The molecule has 1 aromatic carbocycles. The van der Waals surface area contributed by atoms with E-state index >= 15 is 0 Å². The number of aryl methyl sites for hydroxylation is 1. The minimum atomic E-state index is -0.0119. The fourth-order valence-corrected chi connectivity index (χ4v) is 3.72. The van der Waals surface area contributed by atoms with E-state index in [1.165, 1.54) is 0 Å². The Bertz CT molecular complexity index is 694. The molecule has 122 valence electrons. The van der Waals surface area contributed by atoms with Gasteiger partial charge in [-0.1, -0.05) is 26.0 Å². The maximum atomic E-state index is 11.8. The molecule has 0 aliphatic carbocycles. The van der Waals surface area contributed by atoms with Gasteiger partial charge in [-0.3, -0.25) is 9.89 Å². The van der Waals surface area contributed by atoms with Crippen LogP contribution in [0.4, 0.5) is 5.82 Å². The first kappa shape index (κ1) is 15.9. The number of carbonyl (C=O) groups excluding carboxylic acids is 1. The van der Waals surface area contributed by atoms with Gasteiger partial charge in [0.05, 0.1) is 17.6 Å². The molecule has 1 atom stereocenters. The van der Waals surface area contributed by atoms with Crippen molar-refractivity contribution in [3.8, 4) is 5.75 Å². The Morgan fingerprint density at radius 3 is 2.78 bits per heavy atom. The minimum absolute atomic E-state index is 0.0119. The van der Waals surface area contributed by atoms with Crippen molar-refractivity contribution in [2.24, 2.45) is 5.92 Å². The van der Waals surface area contributed by atoms with Crippen LogP contribution in [0.1, 0.15) is 35.9 Å². The molecule has 1 amide bonds. The number of hydrogen-bond acceptors (Lipinski definition) is 4. The van der Waals surface area contributed by atoms with E-state index in [1.54, 1.807) is 11.8 Å². The normalized spacial score (nSPS) is 17.6. The Labute approximate surface area is 140 Å². The smallest absolute Gasteiger partial charge is 0.235 e. The summed E-state index contributed by atoms with van der Waals surface area (Å²) in [5, 5.41) is 10.1. The molecule has 0 unspecified atom stereocenters. The zero-order valence-corrected chi connectivity index (χ0v) is 14.4. The highest BCUT2D eigenvalue weighted by atomic mass is 32.2. The van der Waals surface area contributed by atoms with Crippen LogP contribution in [0.5, 0.6) is 5.75 Å². The molecule has 3 rings (SSSR count). The van der Waals surface area contributed by atoms with Crippen molar-refractivity contribution >= 4 is 23.5 Å². The fraction of sp³-hybridized carbons (Fsp3) is 0.412. The number of H-pyrrole nitrogens is 1. The highest BCUT2D eigenvalue weighted by Crippen LogP contribution is 2.42. The lowest BCUT2D eigenvalue weighted by molar-refractivity contribution is -0.113. The Morgan fingerprint density at radius 1 is 1.35 bits per heavy atom. The van der Waals surface area contributed by atoms with Gasteiger partial charge >= 0.3 is 0 Å². The van der Waals surface area contributed by atoms with E-state index in [2.05, 4.69) is 41.5 Å². The molecule has 23 heavy (non-hydrogen) atoms. The number of rotatable bonds is 4. The van der Waals surface area contributed by atoms with Gasteiger partial charge in [-0.05, 0) is 30.5 Å². The van der Waals surface area contributed by atoms with Gasteiger partial charge in [0.25, 0.3) is 0 Å². The summed E-state index contributed by atoms with van der Waals surface area (Å²) in [4.78, 5) is 11.8. The lowest BCUT2D eigenvalue weighted by Gasteiger charge is -2.16. The Balaban J connectivity index is 1.86. The summed E-state index contributed by atoms with van der Waals surface area (Å²) in [6, 6.07) is 8.12. The van der Waals surface area contributed by atoms with E-state index in [-0.39, 0.29) is 11.2 Å². The molecule has 1 aliphatic rings. The van der Waals surface area contributed by atoms with Crippen LogP contribution in [0.15, 0.2) is 24.3 Å². The molecule has 6 heteroatoms. The zero-order chi connectivity index (χ0) is 16.4. The molecule has 0 bridgehead atoms. The second kappa shape index (κ2) is 6.66. The molecule has 1 aliphatic heterocycles. The molecule has 0 saturated carbocycles. The van der Waals surface area contributed by atoms with E-state index < -0.39 is 0 Å². The van der Waals surface area contributed by atoms with Crippen LogP contribution in [0.3, 0.4) is 0 Å². The van der Waals surface area contributed by atoms with Crippen LogP contribution < -0.4 is 10.1 Å². The number of hydrogen-bond donors (Lipinski definition) is 2. The van der Waals surface area contributed by atoms with Gasteiger partial charge in [-0.2, -0.15) is 5.10 Å². The summed E-state index contributed by atoms with van der Waals surface area (Å²) >= 11 is 1.62. The van der Waals surface area contributed by atoms with Crippen molar-refractivity contribution in [3.63, 3.8) is 0 Å². The van der Waals surface area contributed by atoms with Gasteiger partial charge in [-0.25, -0.2) is 0 Å². The topological polar surface area (TPSA) is 67.0 Å². The number of nitrogens with one attached hydrogen (secondary N) is 2. The maximum absolute atomic E-state index is 11.8. The first-order valence-electron chi connectivity index (χ1n) is 7.73.